The fourth-order valence-electron chi connectivity index (χ4n) is 2.10. The van der Waals surface area contributed by atoms with Crippen LogP contribution in [0.15, 0.2) is 27.6 Å². The van der Waals surface area contributed by atoms with Gasteiger partial charge in [-0.3, -0.25) is 0 Å². The lowest BCUT2D eigenvalue weighted by atomic mass is 10.1. The second-order valence-corrected chi connectivity index (χ2v) is 6.14. The van der Waals surface area contributed by atoms with Gasteiger partial charge < -0.3 is 10.2 Å². The maximum Gasteiger partial charge on any atom is 0.0189 e. The summed E-state index contributed by atoms with van der Waals surface area (Å²) in [5, 5.41) is 3.39. The topological polar surface area (TPSA) is 15.3 Å². The molecule has 0 bridgehead atoms. The molecule has 1 heterocycles. The van der Waals surface area contributed by atoms with Gasteiger partial charge in [0, 0.05) is 42.1 Å². The summed E-state index contributed by atoms with van der Waals surface area (Å²) in [6.45, 7) is 5.81. The number of nitrogens with one attached hydrogen (secondary N) is 1. The van der Waals surface area contributed by atoms with Crippen LogP contribution in [0.5, 0.6) is 0 Å². The van der Waals surface area contributed by atoms with Crippen LogP contribution in [0.4, 0.5) is 0 Å². The third-order valence-electron chi connectivity index (χ3n) is 3.09. The summed E-state index contributed by atoms with van der Waals surface area (Å²) in [4.78, 5) is 3.88. The summed E-state index contributed by atoms with van der Waals surface area (Å²) < 4.78 is 1.19. The Bertz CT molecular complexity index is 364. The van der Waals surface area contributed by atoms with E-state index in [0.717, 1.165) is 19.5 Å². The van der Waals surface area contributed by atoms with Crippen LogP contribution in [-0.4, -0.2) is 43.9 Å². The molecule has 0 unspecified atom stereocenters. The van der Waals surface area contributed by atoms with Crippen LogP contribution < -0.4 is 5.32 Å². The molecule has 0 radical (unpaired) electrons. The third kappa shape index (κ3) is 4.28. The van der Waals surface area contributed by atoms with Crippen LogP contribution in [0, 0.1) is 0 Å². The summed E-state index contributed by atoms with van der Waals surface area (Å²) in [7, 11) is 0. The van der Waals surface area contributed by atoms with Crippen molar-refractivity contribution in [3.63, 3.8) is 0 Å². The van der Waals surface area contributed by atoms with E-state index in [1.807, 2.05) is 0 Å². The predicted octanol–water partition coefficient (Wildman–Crippen LogP) is 2.62. The van der Waals surface area contributed by atoms with Crippen molar-refractivity contribution in [2.45, 2.75) is 11.3 Å². The number of hydrogen-bond donors (Lipinski definition) is 1. The quantitative estimate of drug-likeness (QED) is 0.860. The minimum absolute atomic E-state index is 1.13. The molecular formula is C13H19BrN2S. The first-order chi connectivity index (χ1) is 8.28. The fourth-order valence-corrected chi connectivity index (χ4v) is 3.31. The SMILES string of the molecule is CSc1cc(Br)cc(CCN2CCNCC2)c1. The molecule has 1 aromatic carbocycles. The first-order valence-electron chi connectivity index (χ1n) is 6.04. The van der Waals surface area contributed by atoms with Gasteiger partial charge in [0.05, 0.1) is 0 Å². The van der Waals surface area contributed by atoms with Crippen molar-refractivity contribution in [1.82, 2.24) is 10.2 Å². The van der Waals surface area contributed by atoms with Gasteiger partial charge in [0.25, 0.3) is 0 Å². The Kier molecular flexibility index (Phi) is 5.35. The van der Waals surface area contributed by atoms with E-state index in [2.05, 4.69) is 50.6 Å². The van der Waals surface area contributed by atoms with Gasteiger partial charge in [-0.25, -0.2) is 0 Å². The van der Waals surface area contributed by atoms with E-state index < -0.39 is 0 Å². The van der Waals surface area contributed by atoms with Crippen LogP contribution in [0.2, 0.25) is 0 Å². The lowest BCUT2D eigenvalue weighted by Crippen LogP contribution is -2.44. The molecule has 2 nitrogen and oxygen atoms in total. The van der Waals surface area contributed by atoms with E-state index in [1.165, 1.54) is 34.6 Å². The normalized spacial score (nSPS) is 17.3. The second kappa shape index (κ2) is 6.78. The number of halogens is 1. The molecule has 17 heavy (non-hydrogen) atoms. The lowest BCUT2D eigenvalue weighted by molar-refractivity contribution is 0.244. The van der Waals surface area contributed by atoms with Gasteiger partial charge in [-0.1, -0.05) is 15.9 Å². The first-order valence-corrected chi connectivity index (χ1v) is 8.06. The largest absolute Gasteiger partial charge is 0.314 e. The van der Waals surface area contributed by atoms with Gasteiger partial charge in [0.2, 0.25) is 0 Å². The monoisotopic (exact) mass is 314 g/mol. The summed E-state index contributed by atoms with van der Waals surface area (Å²) in [5.74, 6) is 0. The zero-order valence-electron chi connectivity index (χ0n) is 10.2. The molecule has 0 aromatic heterocycles. The Morgan fingerprint density at radius 2 is 2.06 bits per heavy atom. The summed E-state index contributed by atoms with van der Waals surface area (Å²) in [5.41, 5.74) is 1.43. The molecular weight excluding hydrogens is 296 g/mol. The first kappa shape index (κ1) is 13.4. The fraction of sp³-hybridized carbons (Fsp3) is 0.538. The Morgan fingerprint density at radius 3 is 2.76 bits per heavy atom. The van der Waals surface area contributed by atoms with Crippen molar-refractivity contribution in [3.8, 4) is 0 Å². The summed E-state index contributed by atoms with van der Waals surface area (Å²) in [6, 6.07) is 6.72. The van der Waals surface area contributed by atoms with Crippen LogP contribution in [0.3, 0.4) is 0 Å². The van der Waals surface area contributed by atoms with Crippen molar-refractivity contribution >= 4 is 27.7 Å². The molecule has 94 valence electrons. The van der Waals surface area contributed by atoms with Crippen molar-refractivity contribution in [2.75, 3.05) is 39.0 Å². The molecule has 1 aliphatic heterocycles. The molecule has 1 aliphatic rings. The molecule has 0 atom stereocenters. The van der Waals surface area contributed by atoms with E-state index in [1.54, 1.807) is 11.8 Å². The van der Waals surface area contributed by atoms with E-state index >= 15 is 0 Å². The van der Waals surface area contributed by atoms with Crippen molar-refractivity contribution in [1.29, 1.82) is 0 Å². The Balaban J connectivity index is 1.91. The number of nitrogens with zero attached hydrogens (tertiary/aromatic N) is 1. The Morgan fingerprint density at radius 1 is 1.29 bits per heavy atom. The number of piperazine rings is 1. The standard InChI is InChI=1S/C13H19BrN2S/c1-17-13-9-11(8-12(14)10-13)2-5-16-6-3-15-4-7-16/h8-10,15H,2-7H2,1H3. The summed E-state index contributed by atoms with van der Waals surface area (Å²) in [6.07, 6.45) is 3.27. The molecule has 0 aliphatic carbocycles. The second-order valence-electron chi connectivity index (χ2n) is 4.34. The molecule has 2 rings (SSSR count). The minimum atomic E-state index is 1.13. The Hall–Kier alpha value is -0.0300. The molecule has 0 saturated carbocycles. The molecule has 4 heteroatoms. The van der Waals surface area contributed by atoms with Gasteiger partial charge in [0.15, 0.2) is 0 Å². The Labute approximate surface area is 116 Å². The minimum Gasteiger partial charge on any atom is -0.314 e. The zero-order chi connectivity index (χ0) is 12.1. The molecule has 0 spiro atoms. The highest BCUT2D eigenvalue weighted by molar-refractivity contribution is 9.10. The highest BCUT2D eigenvalue weighted by Crippen LogP contribution is 2.22. The number of hydrogen-bond acceptors (Lipinski definition) is 3. The zero-order valence-corrected chi connectivity index (χ0v) is 12.6. The van der Waals surface area contributed by atoms with Crippen LogP contribution >= 0.6 is 27.7 Å². The third-order valence-corrected chi connectivity index (χ3v) is 4.26. The van der Waals surface area contributed by atoms with E-state index in [4.69, 9.17) is 0 Å². The van der Waals surface area contributed by atoms with E-state index in [9.17, 15) is 0 Å². The molecule has 1 fully saturated rings. The number of benzene rings is 1. The smallest absolute Gasteiger partial charge is 0.0189 e. The molecule has 1 N–H and O–H groups in total. The maximum absolute atomic E-state index is 3.58. The average molecular weight is 315 g/mol. The van der Waals surface area contributed by atoms with Gasteiger partial charge in [0.1, 0.15) is 0 Å². The van der Waals surface area contributed by atoms with Gasteiger partial charge in [-0.15, -0.1) is 11.8 Å². The van der Waals surface area contributed by atoms with E-state index in [0.29, 0.717) is 0 Å². The highest BCUT2D eigenvalue weighted by atomic mass is 79.9. The summed E-state index contributed by atoms with van der Waals surface area (Å²) >= 11 is 5.39. The predicted molar refractivity (Wildman–Crippen MR) is 78.9 cm³/mol. The van der Waals surface area contributed by atoms with E-state index in [-0.39, 0.29) is 0 Å². The van der Waals surface area contributed by atoms with Gasteiger partial charge in [-0.2, -0.15) is 0 Å². The van der Waals surface area contributed by atoms with Crippen molar-refractivity contribution in [2.24, 2.45) is 0 Å². The van der Waals surface area contributed by atoms with Crippen molar-refractivity contribution < 1.29 is 0 Å². The molecule has 1 saturated heterocycles. The highest BCUT2D eigenvalue weighted by Gasteiger charge is 2.09. The van der Waals surface area contributed by atoms with Gasteiger partial charge in [-0.05, 0) is 36.4 Å². The van der Waals surface area contributed by atoms with Crippen LogP contribution in [-0.2, 0) is 6.42 Å². The lowest BCUT2D eigenvalue weighted by Gasteiger charge is -2.27. The average Bonchev–Trinajstić information content (AvgIpc) is 2.37. The van der Waals surface area contributed by atoms with Crippen molar-refractivity contribution in [3.05, 3.63) is 28.2 Å². The maximum atomic E-state index is 3.58. The van der Waals surface area contributed by atoms with Crippen LogP contribution in [0.1, 0.15) is 5.56 Å². The molecule has 0 amide bonds. The molecule has 1 aromatic rings. The van der Waals surface area contributed by atoms with Crippen LogP contribution in [0.25, 0.3) is 0 Å². The number of thioether (sulfide) groups is 1. The van der Waals surface area contributed by atoms with Gasteiger partial charge >= 0.3 is 0 Å². The number of rotatable bonds is 4.